The summed E-state index contributed by atoms with van der Waals surface area (Å²) in [6, 6.07) is 16.5. The van der Waals surface area contributed by atoms with Crippen LogP contribution in [0.25, 0.3) is 12.2 Å². The van der Waals surface area contributed by atoms with Gasteiger partial charge in [-0.1, -0.05) is 66.0 Å². The number of aromatic nitrogens is 1. The van der Waals surface area contributed by atoms with Crippen molar-refractivity contribution in [2.24, 2.45) is 4.99 Å². The quantitative estimate of drug-likeness (QED) is 0.565. The van der Waals surface area contributed by atoms with E-state index in [4.69, 9.17) is 9.47 Å². The van der Waals surface area contributed by atoms with Crippen molar-refractivity contribution >= 4 is 29.5 Å². The predicted octanol–water partition coefficient (Wildman–Crippen LogP) is 3.08. The van der Waals surface area contributed by atoms with Gasteiger partial charge in [-0.15, -0.1) is 0 Å². The number of nitrogens with zero attached hydrogens (tertiary/aromatic N) is 2. The molecule has 0 bridgehead atoms. The molecule has 162 valence electrons. The molecule has 0 N–H and O–H groups in total. The van der Waals surface area contributed by atoms with Crippen LogP contribution in [0.15, 0.2) is 81.7 Å². The number of hydrogen-bond acceptors (Lipinski definition) is 6. The number of thiazole rings is 1. The summed E-state index contributed by atoms with van der Waals surface area (Å²) >= 11 is 1.29. The lowest BCUT2D eigenvalue weighted by atomic mass is 10.0. The largest absolute Gasteiger partial charge is 0.497 e. The highest BCUT2D eigenvalue weighted by atomic mass is 32.1. The Morgan fingerprint density at radius 2 is 1.78 bits per heavy atom. The third kappa shape index (κ3) is 4.20. The molecule has 1 unspecified atom stereocenters. The Kier molecular flexibility index (Phi) is 6.18. The van der Waals surface area contributed by atoms with E-state index in [0.717, 1.165) is 16.9 Å². The maximum Gasteiger partial charge on any atom is 0.338 e. The molecule has 4 rings (SSSR count). The number of hydrogen-bond donors (Lipinski definition) is 0. The van der Waals surface area contributed by atoms with Crippen LogP contribution in [0.5, 0.6) is 5.75 Å². The third-order valence-electron chi connectivity index (χ3n) is 5.15. The summed E-state index contributed by atoms with van der Waals surface area (Å²) in [7, 11) is 2.94. The van der Waals surface area contributed by atoms with E-state index >= 15 is 0 Å². The molecule has 0 saturated heterocycles. The summed E-state index contributed by atoms with van der Waals surface area (Å²) in [4.78, 5) is 31.0. The van der Waals surface area contributed by atoms with Crippen LogP contribution < -0.4 is 19.6 Å². The van der Waals surface area contributed by atoms with Crippen molar-refractivity contribution in [3.63, 3.8) is 0 Å². The number of methoxy groups -OCH3 is 2. The number of rotatable bonds is 5. The monoisotopic (exact) mass is 446 g/mol. The highest BCUT2D eigenvalue weighted by Gasteiger charge is 2.30. The van der Waals surface area contributed by atoms with E-state index in [1.54, 1.807) is 18.6 Å². The fraction of sp³-hybridized carbons (Fsp3) is 0.160. The second-order valence-electron chi connectivity index (χ2n) is 7.16. The van der Waals surface area contributed by atoms with Gasteiger partial charge in [0.2, 0.25) is 0 Å². The van der Waals surface area contributed by atoms with Gasteiger partial charge in [0.25, 0.3) is 5.56 Å². The second-order valence-corrected chi connectivity index (χ2v) is 8.17. The first kappa shape index (κ1) is 21.5. The summed E-state index contributed by atoms with van der Waals surface area (Å²) in [6.07, 6.45) is 5.56. The van der Waals surface area contributed by atoms with E-state index < -0.39 is 12.0 Å². The summed E-state index contributed by atoms with van der Waals surface area (Å²) in [5, 5.41) is 0. The van der Waals surface area contributed by atoms with Gasteiger partial charge in [0.15, 0.2) is 4.80 Å². The molecule has 0 saturated carbocycles. The maximum atomic E-state index is 13.4. The number of benzene rings is 2. The molecule has 0 radical (unpaired) electrons. The molecule has 0 aliphatic carbocycles. The zero-order chi connectivity index (χ0) is 22.7. The van der Waals surface area contributed by atoms with Crippen molar-refractivity contribution in [2.45, 2.75) is 13.0 Å². The lowest BCUT2D eigenvalue weighted by Crippen LogP contribution is -2.38. The zero-order valence-corrected chi connectivity index (χ0v) is 18.8. The number of esters is 1. The second kappa shape index (κ2) is 9.20. The fourth-order valence-corrected chi connectivity index (χ4v) is 4.59. The molecule has 7 heteroatoms. The van der Waals surface area contributed by atoms with Crippen LogP contribution in [0.4, 0.5) is 0 Å². The number of allylic oxidation sites excluding steroid dienone is 2. The van der Waals surface area contributed by atoms with Crippen molar-refractivity contribution in [3.8, 4) is 5.75 Å². The lowest BCUT2D eigenvalue weighted by Gasteiger charge is -2.21. The van der Waals surface area contributed by atoms with Gasteiger partial charge in [0.1, 0.15) is 5.75 Å². The van der Waals surface area contributed by atoms with Crippen LogP contribution >= 0.6 is 11.3 Å². The molecule has 1 aliphatic rings. The molecular formula is C25H22N2O4S. The summed E-state index contributed by atoms with van der Waals surface area (Å²) < 4.78 is 12.3. The van der Waals surface area contributed by atoms with E-state index in [1.807, 2.05) is 72.8 Å². The van der Waals surface area contributed by atoms with Crippen LogP contribution in [-0.4, -0.2) is 24.8 Å². The van der Waals surface area contributed by atoms with E-state index in [0.29, 0.717) is 20.6 Å². The predicted molar refractivity (Wildman–Crippen MR) is 125 cm³/mol. The summed E-state index contributed by atoms with van der Waals surface area (Å²) in [5.74, 6) is 0.242. The standard InChI is InChI=1S/C25H22N2O4S/c1-16-22(24(29)31-3)20(14-11-17-7-5-4-6-8-17)27-23(28)21(32-25(27)26-16)15-18-9-12-19(30-2)13-10-18/h4-15,20H,1-3H3. The molecule has 0 spiro atoms. The van der Waals surface area contributed by atoms with Gasteiger partial charge in [-0.05, 0) is 36.3 Å². The van der Waals surface area contributed by atoms with Crippen molar-refractivity contribution < 1.29 is 14.3 Å². The molecule has 32 heavy (non-hydrogen) atoms. The number of fused-ring (bicyclic) bond motifs is 1. The van der Waals surface area contributed by atoms with Gasteiger partial charge in [-0.2, -0.15) is 0 Å². The summed E-state index contributed by atoms with van der Waals surface area (Å²) in [6.45, 7) is 1.76. The maximum absolute atomic E-state index is 13.4. The SMILES string of the molecule is COC(=O)C1=C(C)N=c2sc(=Cc3ccc(OC)cc3)c(=O)n2C1C=Cc1ccccc1. The van der Waals surface area contributed by atoms with Crippen molar-refractivity contribution in [1.82, 2.24) is 4.57 Å². The van der Waals surface area contributed by atoms with Crippen LogP contribution in [0.2, 0.25) is 0 Å². The Morgan fingerprint density at radius 3 is 2.44 bits per heavy atom. The van der Waals surface area contributed by atoms with E-state index in [2.05, 4.69) is 4.99 Å². The van der Waals surface area contributed by atoms with Gasteiger partial charge in [-0.3, -0.25) is 9.36 Å². The molecule has 1 atom stereocenters. The molecule has 6 nitrogen and oxygen atoms in total. The highest BCUT2D eigenvalue weighted by Crippen LogP contribution is 2.26. The van der Waals surface area contributed by atoms with Gasteiger partial charge in [0, 0.05) is 0 Å². The average Bonchev–Trinajstić information content (AvgIpc) is 3.12. The Morgan fingerprint density at radius 1 is 1.06 bits per heavy atom. The van der Waals surface area contributed by atoms with Gasteiger partial charge < -0.3 is 9.47 Å². The van der Waals surface area contributed by atoms with Crippen LogP contribution in [0.1, 0.15) is 24.1 Å². The fourth-order valence-electron chi connectivity index (χ4n) is 3.54. The molecule has 2 heterocycles. The summed E-state index contributed by atoms with van der Waals surface area (Å²) in [5.41, 5.74) is 2.52. The van der Waals surface area contributed by atoms with Crippen LogP contribution in [0.3, 0.4) is 0 Å². The molecular weight excluding hydrogens is 424 g/mol. The highest BCUT2D eigenvalue weighted by molar-refractivity contribution is 7.07. The van der Waals surface area contributed by atoms with Gasteiger partial charge in [-0.25, -0.2) is 9.79 Å². The van der Waals surface area contributed by atoms with Crippen molar-refractivity contribution in [2.75, 3.05) is 14.2 Å². The molecule has 0 amide bonds. The first-order valence-electron chi connectivity index (χ1n) is 10.00. The topological polar surface area (TPSA) is 69.9 Å². The number of carbonyl (C=O) groups excluding carboxylic acids is 1. The Labute approximate surface area is 189 Å². The number of ether oxygens (including phenoxy) is 2. The van der Waals surface area contributed by atoms with Crippen molar-refractivity contribution in [3.05, 3.63) is 103 Å². The molecule has 3 aromatic rings. The minimum Gasteiger partial charge on any atom is -0.497 e. The van der Waals surface area contributed by atoms with Gasteiger partial charge in [0.05, 0.1) is 36.1 Å². The van der Waals surface area contributed by atoms with Crippen LogP contribution in [0, 0.1) is 0 Å². The first-order chi connectivity index (χ1) is 15.5. The van der Waals surface area contributed by atoms with Crippen molar-refractivity contribution in [1.29, 1.82) is 0 Å². The molecule has 0 fully saturated rings. The van der Waals surface area contributed by atoms with E-state index in [1.165, 1.54) is 18.4 Å². The smallest absolute Gasteiger partial charge is 0.338 e. The van der Waals surface area contributed by atoms with E-state index in [-0.39, 0.29) is 5.56 Å². The van der Waals surface area contributed by atoms with E-state index in [9.17, 15) is 9.59 Å². The minimum atomic E-state index is -0.614. The van der Waals surface area contributed by atoms with Crippen LogP contribution in [-0.2, 0) is 9.53 Å². The Hall–Kier alpha value is -3.71. The molecule has 1 aromatic heterocycles. The molecule has 1 aliphatic heterocycles. The third-order valence-corrected chi connectivity index (χ3v) is 6.14. The van der Waals surface area contributed by atoms with Gasteiger partial charge >= 0.3 is 5.97 Å². The number of carbonyl (C=O) groups is 1. The molecule has 2 aromatic carbocycles. The Bertz CT molecular complexity index is 1380. The Balaban J connectivity index is 1.85. The lowest BCUT2D eigenvalue weighted by molar-refractivity contribution is -0.136. The normalized spacial score (nSPS) is 16.1. The average molecular weight is 447 g/mol. The minimum absolute atomic E-state index is 0.207. The first-order valence-corrected chi connectivity index (χ1v) is 10.8. The zero-order valence-electron chi connectivity index (χ0n) is 17.9.